The molecule has 8 heteroatoms. The molecule has 1 saturated heterocycles. The number of nitrogens with one attached hydrogen (secondary N) is 1. The third-order valence-corrected chi connectivity index (χ3v) is 6.35. The lowest BCUT2D eigenvalue weighted by Crippen LogP contribution is -2.36. The predicted molar refractivity (Wildman–Crippen MR) is 128 cm³/mol. The van der Waals surface area contributed by atoms with Crippen LogP contribution >= 0.6 is 0 Å². The molecule has 5 rings (SSSR count). The summed E-state index contributed by atoms with van der Waals surface area (Å²) in [6.45, 7) is 4.13. The zero-order valence-electron chi connectivity index (χ0n) is 19.3. The van der Waals surface area contributed by atoms with Gasteiger partial charge in [-0.1, -0.05) is 6.08 Å². The number of benzene rings is 2. The number of ketones is 1. The number of hydrogen-bond acceptors (Lipinski definition) is 7. The molecule has 0 radical (unpaired) electrons. The van der Waals surface area contributed by atoms with Gasteiger partial charge in [0, 0.05) is 48.3 Å². The largest absolute Gasteiger partial charge is 0.496 e. The molecular weight excluding hydrogens is 435 g/mol. The zero-order valence-corrected chi connectivity index (χ0v) is 19.3. The van der Waals surface area contributed by atoms with E-state index in [9.17, 15) is 9.18 Å². The molecule has 1 aliphatic heterocycles. The number of halogens is 1. The number of carbonyl (C=O) groups excluding carboxylic acids is 1. The van der Waals surface area contributed by atoms with Gasteiger partial charge in [0.15, 0.2) is 5.78 Å². The first kappa shape index (κ1) is 22.4. The van der Waals surface area contributed by atoms with Crippen molar-refractivity contribution in [2.45, 2.75) is 31.9 Å². The minimum absolute atomic E-state index is 0.00113. The standard InChI is InChI=1S/C26H27FN4O3/c1-16-10-18(5-6-21(16)27)30-26-20-12-17(24(33-2)13-22(20)28-15-29-26)11-19(32)4-3-7-31-8-9-34-25-14-23(25)31/h3-6,10,12-13,15,23,25H,7-9,11,14H2,1-2H3,(H,28,29,30)/b4-3+. The molecule has 2 heterocycles. The van der Waals surface area contributed by atoms with Gasteiger partial charge in [-0.15, -0.1) is 0 Å². The highest BCUT2D eigenvalue weighted by Crippen LogP contribution is 2.34. The first-order chi connectivity index (χ1) is 16.5. The number of carbonyl (C=O) groups is 1. The molecule has 3 aromatic rings. The maximum absolute atomic E-state index is 13.7. The lowest BCUT2D eigenvalue weighted by atomic mass is 10.0. The van der Waals surface area contributed by atoms with Crippen LogP contribution in [0.1, 0.15) is 17.5 Å². The van der Waals surface area contributed by atoms with Gasteiger partial charge in [0.1, 0.15) is 23.7 Å². The number of allylic oxidation sites excluding steroid dienone is 1. The summed E-state index contributed by atoms with van der Waals surface area (Å²) in [5.41, 5.74) is 2.70. The van der Waals surface area contributed by atoms with E-state index in [1.807, 2.05) is 18.2 Å². The Hall–Kier alpha value is -3.36. The van der Waals surface area contributed by atoms with Gasteiger partial charge in [0.25, 0.3) is 0 Å². The average Bonchev–Trinajstić information content (AvgIpc) is 3.62. The molecular formula is C26H27FN4O3. The van der Waals surface area contributed by atoms with Crippen LogP contribution in [-0.2, 0) is 16.0 Å². The minimum Gasteiger partial charge on any atom is -0.496 e. The second-order valence-corrected chi connectivity index (χ2v) is 8.75. The van der Waals surface area contributed by atoms with Gasteiger partial charge in [0.2, 0.25) is 0 Å². The third kappa shape index (κ3) is 4.78. The molecule has 2 aromatic carbocycles. The normalized spacial score (nSPS) is 19.9. The van der Waals surface area contributed by atoms with Crippen molar-refractivity contribution in [3.63, 3.8) is 0 Å². The molecule has 0 spiro atoms. The summed E-state index contributed by atoms with van der Waals surface area (Å²) in [4.78, 5) is 23.8. The third-order valence-electron chi connectivity index (χ3n) is 6.35. The summed E-state index contributed by atoms with van der Waals surface area (Å²) in [7, 11) is 1.58. The number of rotatable bonds is 8. The van der Waals surface area contributed by atoms with Gasteiger partial charge in [-0.3, -0.25) is 9.69 Å². The lowest BCUT2D eigenvalue weighted by Gasteiger charge is -2.24. The number of ether oxygens (including phenoxy) is 2. The van der Waals surface area contributed by atoms with E-state index in [0.29, 0.717) is 34.8 Å². The fourth-order valence-electron chi connectivity index (χ4n) is 4.42. The SMILES string of the molecule is COc1cc2ncnc(Nc3ccc(F)c(C)c3)c2cc1CC(=O)/C=C/CN1CCOC2CC21. The van der Waals surface area contributed by atoms with E-state index in [0.717, 1.165) is 42.8 Å². The maximum atomic E-state index is 13.7. The van der Waals surface area contributed by atoms with E-state index in [4.69, 9.17) is 9.47 Å². The van der Waals surface area contributed by atoms with E-state index < -0.39 is 0 Å². The number of anilines is 2. The van der Waals surface area contributed by atoms with Crippen molar-refractivity contribution in [1.82, 2.24) is 14.9 Å². The van der Waals surface area contributed by atoms with Crippen LogP contribution in [0.2, 0.25) is 0 Å². The number of aromatic nitrogens is 2. The number of nitrogens with zero attached hydrogens (tertiary/aromatic N) is 3. The van der Waals surface area contributed by atoms with Gasteiger partial charge >= 0.3 is 0 Å². The van der Waals surface area contributed by atoms with E-state index >= 15 is 0 Å². The Morgan fingerprint density at radius 3 is 3.03 bits per heavy atom. The molecule has 7 nitrogen and oxygen atoms in total. The van der Waals surface area contributed by atoms with Crippen LogP contribution in [0.4, 0.5) is 15.9 Å². The number of fused-ring (bicyclic) bond motifs is 2. The molecule has 1 saturated carbocycles. The van der Waals surface area contributed by atoms with E-state index in [1.165, 1.54) is 12.4 Å². The fourth-order valence-corrected chi connectivity index (χ4v) is 4.42. The van der Waals surface area contributed by atoms with Crippen LogP contribution in [-0.4, -0.2) is 59.6 Å². The molecule has 2 fully saturated rings. The summed E-state index contributed by atoms with van der Waals surface area (Å²) >= 11 is 0. The molecule has 1 N–H and O–H groups in total. The second kappa shape index (κ2) is 9.48. The summed E-state index contributed by atoms with van der Waals surface area (Å²) < 4.78 is 24.8. The van der Waals surface area contributed by atoms with Crippen LogP contribution in [0.15, 0.2) is 48.8 Å². The Morgan fingerprint density at radius 1 is 1.32 bits per heavy atom. The monoisotopic (exact) mass is 462 g/mol. The predicted octanol–water partition coefficient (Wildman–Crippen LogP) is 3.97. The van der Waals surface area contributed by atoms with Gasteiger partial charge < -0.3 is 14.8 Å². The second-order valence-electron chi connectivity index (χ2n) is 8.75. The smallest absolute Gasteiger partial charge is 0.159 e. The van der Waals surface area contributed by atoms with Crippen LogP contribution in [0.5, 0.6) is 5.75 Å². The van der Waals surface area contributed by atoms with Crippen LogP contribution in [0, 0.1) is 12.7 Å². The summed E-state index contributed by atoms with van der Waals surface area (Å²) in [6.07, 6.45) is 6.72. The maximum Gasteiger partial charge on any atom is 0.159 e. The number of aryl methyl sites for hydroxylation is 1. The van der Waals surface area contributed by atoms with E-state index in [2.05, 4.69) is 20.2 Å². The topological polar surface area (TPSA) is 76.6 Å². The Labute approximate surface area is 197 Å². The summed E-state index contributed by atoms with van der Waals surface area (Å²) in [5.74, 6) is 0.917. The van der Waals surface area contributed by atoms with Gasteiger partial charge in [-0.05, 0) is 49.2 Å². The molecule has 2 unspecified atom stereocenters. The molecule has 1 aromatic heterocycles. The first-order valence-electron chi connectivity index (χ1n) is 11.4. The Kier molecular flexibility index (Phi) is 6.26. The van der Waals surface area contributed by atoms with Crippen molar-refractivity contribution >= 4 is 28.2 Å². The van der Waals surface area contributed by atoms with Gasteiger partial charge in [0.05, 0.1) is 25.3 Å². The Bertz CT molecular complexity index is 1260. The average molecular weight is 463 g/mol. The highest BCUT2D eigenvalue weighted by atomic mass is 19.1. The molecule has 0 amide bonds. The van der Waals surface area contributed by atoms with Crippen LogP contribution in [0.3, 0.4) is 0 Å². The van der Waals surface area contributed by atoms with Crippen molar-refractivity contribution in [1.29, 1.82) is 0 Å². The lowest BCUT2D eigenvalue weighted by molar-refractivity contribution is -0.114. The number of morpholine rings is 1. The van der Waals surface area contributed by atoms with Gasteiger partial charge in [-0.2, -0.15) is 0 Å². The van der Waals surface area contributed by atoms with Crippen molar-refractivity contribution < 1.29 is 18.7 Å². The summed E-state index contributed by atoms with van der Waals surface area (Å²) in [6, 6.07) is 9.00. The fraction of sp³-hybridized carbons (Fsp3) is 0.346. The molecule has 2 aliphatic rings. The number of methoxy groups -OCH3 is 1. The minimum atomic E-state index is -0.262. The zero-order chi connectivity index (χ0) is 23.7. The highest BCUT2D eigenvalue weighted by molar-refractivity contribution is 5.96. The Balaban J connectivity index is 1.34. The molecule has 176 valence electrons. The summed E-state index contributed by atoms with van der Waals surface area (Å²) in [5, 5.41) is 3.99. The quantitative estimate of drug-likeness (QED) is 0.508. The molecule has 0 bridgehead atoms. The van der Waals surface area contributed by atoms with Crippen molar-refractivity contribution in [2.75, 3.05) is 32.1 Å². The van der Waals surface area contributed by atoms with Gasteiger partial charge in [-0.25, -0.2) is 14.4 Å². The van der Waals surface area contributed by atoms with Crippen molar-refractivity contribution in [3.8, 4) is 5.75 Å². The van der Waals surface area contributed by atoms with E-state index in [-0.39, 0.29) is 18.0 Å². The molecule has 2 atom stereocenters. The van der Waals surface area contributed by atoms with Crippen molar-refractivity contribution in [3.05, 3.63) is 65.8 Å². The van der Waals surface area contributed by atoms with Crippen LogP contribution < -0.4 is 10.1 Å². The molecule has 34 heavy (non-hydrogen) atoms. The number of hydrogen-bond donors (Lipinski definition) is 1. The Morgan fingerprint density at radius 2 is 2.21 bits per heavy atom. The van der Waals surface area contributed by atoms with E-state index in [1.54, 1.807) is 32.2 Å². The highest BCUT2D eigenvalue weighted by Gasteiger charge is 2.45. The van der Waals surface area contributed by atoms with Crippen molar-refractivity contribution in [2.24, 2.45) is 0 Å². The first-order valence-corrected chi connectivity index (χ1v) is 11.4. The van der Waals surface area contributed by atoms with Crippen LogP contribution in [0.25, 0.3) is 10.9 Å². The molecule has 1 aliphatic carbocycles.